The van der Waals surface area contributed by atoms with Crippen LogP contribution in [0.1, 0.15) is 21.5 Å². The van der Waals surface area contributed by atoms with E-state index in [-0.39, 0.29) is 59.2 Å². The summed E-state index contributed by atoms with van der Waals surface area (Å²) in [5.74, 6) is -0.911. The number of rotatable bonds is 6. The number of nitrogens with one attached hydrogen (secondary N) is 1. The minimum Gasteiger partial charge on any atom is -0.478 e. The van der Waals surface area contributed by atoms with E-state index in [0.717, 1.165) is 11.1 Å². The van der Waals surface area contributed by atoms with Crippen molar-refractivity contribution in [1.82, 2.24) is 4.98 Å². The van der Waals surface area contributed by atoms with Crippen molar-refractivity contribution in [2.75, 3.05) is 40.7 Å². The molecule has 8 nitrogen and oxygen atoms in total. The monoisotopic (exact) mass is 642 g/mol. The quantitative estimate of drug-likeness (QED) is 0.263. The number of carbonyl (C=O) groups is 1. The number of halogens is 4. The number of aromatic nitrogens is 1. The number of nitrogens with zero attached hydrogens (tertiary/aromatic N) is 3. The fourth-order valence-electron chi connectivity index (χ4n) is 4.80. The molecule has 2 N–H and O–H groups in total. The molecule has 1 aliphatic heterocycles. The molecule has 13 heteroatoms. The van der Waals surface area contributed by atoms with Crippen LogP contribution >= 0.6 is 37.2 Å². The molecular weight excluding hydrogens is 614 g/mol. The summed E-state index contributed by atoms with van der Waals surface area (Å²) in [6.45, 7) is 5.85. The second-order valence-corrected chi connectivity index (χ2v) is 11.1. The molecule has 41 heavy (non-hydrogen) atoms. The molecule has 1 fully saturated rings. The Balaban J connectivity index is 0.00000196. The number of para-hydroxylation sites is 1. The van der Waals surface area contributed by atoms with E-state index in [1.54, 1.807) is 42.5 Å². The highest BCUT2D eigenvalue weighted by Crippen LogP contribution is 2.29. The summed E-state index contributed by atoms with van der Waals surface area (Å²) in [5.41, 5.74) is 2.89. The van der Waals surface area contributed by atoms with Gasteiger partial charge in [0, 0.05) is 37.3 Å². The maximum Gasteiger partial charge on any atom is 0.336 e. The largest absolute Gasteiger partial charge is 0.478 e. The SMILES string of the molecule is Cc1cc(C)cc(S(=O)(=O)Nc2ccc3nc(N4CCN(c5ccccc5F)CC4)cc(C(=O)O)c3c2)c1.Cl.Cl.Cl. The number of fused-ring (bicyclic) bond motifs is 1. The normalized spacial score (nSPS) is 13.0. The summed E-state index contributed by atoms with van der Waals surface area (Å²) >= 11 is 0. The third kappa shape index (κ3) is 7.32. The van der Waals surface area contributed by atoms with Crippen molar-refractivity contribution >= 4 is 81.3 Å². The van der Waals surface area contributed by atoms with Crippen LogP contribution < -0.4 is 14.5 Å². The van der Waals surface area contributed by atoms with Crippen molar-refractivity contribution in [3.63, 3.8) is 0 Å². The molecular formula is C28H30Cl3FN4O4S. The minimum absolute atomic E-state index is 0. The number of aromatic carboxylic acids is 1. The van der Waals surface area contributed by atoms with Crippen LogP contribution in [0, 0.1) is 19.7 Å². The highest BCUT2D eigenvalue weighted by atomic mass is 35.5. The van der Waals surface area contributed by atoms with Crippen LogP contribution in [0.2, 0.25) is 0 Å². The molecule has 0 bridgehead atoms. The maximum atomic E-state index is 14.2. The van der Waals surface area contributed by atoms with E-state index < -0.39 is 16.0 Å². The van der Waals surface area contributed by atoms with Crippen LogP contribution in [0.4, 0.5) is 21.6 Å². The average Bonchev–Trinajstić information content (AvgIpc) is 2.87. The molecule has 4 aromatic rings. The van der Waals surface area contributed by atoms with E-state index in [4.69, 9.17) is 0 Å². The van der Waals surface area contributed by atoms with Crippen LogP contribution in [0.3, 0.4) is 0 Å². The number of benzene rings is 3. The number of sulfonamides is 1. The van der Waals surface area contributed by atoms with Gasteiger partial charge in [-0.1, -0.05) is 18.2 Å². The molecule has 2 heterocycles. The summed E-state index contributed by atoms with van der Waals surface area (Å²) in [7, 11) is -3.87. The minimum atomic E-state index is -3.87. The van der Waals surface area contributed by atoms with Gasteiger partial charge in [-0.25, -0.2) is 22.6 Å². The Labute approximate surface area is 256 Å². The lowest BCUT2D eigenvalue weighted by molar-refractivity contribution is 0.0699. The zero-order valence-corrected chi connectivity index (χ0v) is 25.5. The molecule has 0 spiro atoms. The fourth-order valence-corrected chi connectivity index (χ4v) is 6.04. The number of piperazine rings is 1. The Morgan fingerprint density at radius 3 is 2.10 bits per heavy atom. The molecule has 220 valence electrons. The lowest BCUT2D eigenvalue weighted by atomic mass is 10.1. The van der Waals surface area contributed by atoms with Gasteiger partial charge >= 0.3 is 5.97 Å². The number of carboxylic acids is 1. The maximum absolute atomic E-state index is 14.2. The molecule has 0 amide bonds. The molecule has 5 rings (SSSR count). The zero-order chi connectivity index (χ0) is 27.0. The van der Waals surface area contributed by atoms with Gasteiger partial charge in [-0.3, -0.25) is 4.72 Å². The smallest absolute Gasteiger partial charge is 0.336 e. The summed E-state index contributed by atoms with van der Waals surface area (Å²) in [5, 5.41) is 10.3. The summed E-state index contributed by atoms with van der Waals surface area (Å²) in [6, 6.07) is 17.9. The van der Waals surface area contributed by atoms with Crippen molar-refractivity contribution in [2.45, 2.75) is 18.7 Å². The lowest BCUT2D eigenvalue weighted by Gasteiger charge is -2.37. The van der Waals surface area contributed by atoms with Gasteiger partial charge in [0.05, 0.1) is 21.7 Å². The molecule has 1 saturated heterocycles. The molecule has 1 aromatic heterocycles. The third-order valence-electron chi connectivity index (χ3n) is 6.58. The van der Waals surface area contributed by atoms with E-state index in [2.05, 4.69) is 9.71 Å². The van der Waals surface area contributed by atoms with E-state index in [9.17, 15) is 22.7 Å². The van der Waals surface area contributed by atoms with Gasteiger partial charge in [0.15, 0.2) is 0 Å². The Bertz CT molecular complexity index is 1650. The number of hydrogen-bond donors (Lipinski definition) is 2. The van der Waals surface area contributed by atoms with Gasteiger partial charge in [0.2, 0.25) is 0 Å². The van der Waals surface area contributed by atoms with Crippen LogP contribution in [-0.4, -0.2) is 50.7 Å². The van der Waals surface area contributed by atoms with Crippen molar-refractivity contribution < 1.29 is 22.7 Å². The van der Waals surface area contributed by atoms with Gasteiger partial charge in [-0.2, -0.15) is 0 Å². The number of pyridine rings is 1. The molecule has 0 radical (unpaired) electrons. The van der Waals surface area contributed by atoms with Gasteiger partial charge in [0.1, 0.15) is 11.6 Å². The molecule has 0 atom stereocenters. The zero-order valence-electron chi connectivity index (χ0n) is 22.2. The number of anilines is 3. The molecule has 0 unspecified atom stereocenters. The first-order valence-corrected chi connectivity index (χ1v) is 13.6. The van der Waals surface area contributed by atoms with Crippen LogP contribution in [0.25, 0.3) is 10.9 Å². The Hall–Kier alpha value is -3.31. The predicted octanol–water partition coefficient (Wildman–Crippen LogP) is 6.08. The standard InChI is InChI=1S/C28H27FN4O4S.3ClH/c1-18-13-19(2)15-21(14-18)38(36,37)31-20-7-8-25-22(16-20)23(28(34)35)17-27(30-25)33-11-9-32(10-12-33)26-6-4-3-5-24(26)29;;;/h3-8,13-17,31H,9-12H2,1-2H3,(H,34,35);3*1H. The summed E-state index contributed by atoms with van der Waals surface area (Å²) < 4.78 is 42.7. The molecule has 3 aromatic carbocycles. The van der Waals surface area contributed by atoms with Gasteiger partial charge in [-0.15, -0.1) is 37.2 Å². The number of hydrogen-bond acceptors (Lipinski definition) is 6. The Morgan fingerprint density at radius 1 is 0.878 bits per heavy atom. The van der Waals surface area contributed by atoms with Gasteiger partial charge < -0.3 is 14.9 Å². The highest BCUT2D eigenvalue weighted by molar-refractivity contribution is 7.92. The van der Waals surface area contributed by atoms with Crippen molar-refractivity contribution in [3.05, 3.63) is 89.2 Å². The van der Waals surface area contributed by atoms with Crippen LogP contribution in [0.5, 0.6) is 0 Å². The van der Waals surface area contributed by atoms with Crippen molar-refractivity contribution in [3.8, 4) is 0 Å². The van der Waals surface area contributed by atoms with Gasteiger partial charge in [0.25, 0.3) is 10.0 Å². The lowest BCUT2D eigenvalue weighted by Crippen LogP contribution is -2.47. The predicted molar refractivity (Wildman–Crippen MR) is 168 cm³/mol. The molecule has 0 saturated carbocycles. The van der Waals surface area contributed by atoms with Crippen molar-refractivity contribution in [2.24, 2.45) is 0 Å². The summed E-state index contributed by atoms with van der Waals surface area (Å²) in [6.07, 6.45) is 0. The molecule has 1 aliphatic rings. The van der Waals surface area contributed by atoms with E-state index in [1.165, 1.54) is 18.2 Å². The van der Waals surface area contributed by atoms with Crippen molar-refractivity contribution in [1.29, 1.82) is 0 Å². The number of carboxylic acid groups (broad SMARTS) is 1. The van der Waals surface area contributed by atoms with E-state index in [0.29, 0.717) is 48.6 Å². The van der Waals surface area contributed by atoms with Crippen LogP contribution in [-0.2, 0) is 10.0 Å². The van der Waals surface area contributed by atoms with Crippen LogP contribution in [0.15, 0.2) is 71.6 Å². The van der Waals surface area contributed by atoms with E-state index in [1.807, 2.05) is 29.7 Å². The summed E-state index contributed by atoms with van der Waals surface area (Å²) in [4.78, 5) is 20.9. The highest BCUT2D eigenvalue weighted by Gasteiger charge is 2.23. The van der Waals surface area contributed by atoms with Gasteiger partial charge in [-0.05, 0) is 73.5 Å². The Morgan fingerprint density at radius 2 is 1.49 bits per heavy atom. The average molecular weight is 644 g/mol. The second kappa shape index (κ2) is 13.6. The third-order valence-corrected chi connectivity index (χ3v) is 7.94. The first-order valence-electron chi connectivity index (χ1n) is 12.1. The molecule has 0 aliphatic carbocycles. The first kappa shape index (κ1) is 33.9. The number of aryl methyl sites for hydroxylation is 2. The Kier molecular flexibility index (Phi) is 11.2. The van der Waals surface area contributed by atoms with E-state index >= 15 is 0 Å². The second-order valence-electron chi connectivity index (χ2n) is 9.42. The first-order chi connectivity index (χ1) is 18.1. The topological polar surface area (TPSA) is 103 Å². The fraction of sp³-hybridized carbons (Fsp3) is 0.214.